The molecule has 0 spiro atoms. The van der Waals surface area contributed by atoms with E-state index in [-0.39, 0.29) is 29.2 Å². The summed E-state index contributed by atoms with van der Waals surface area (Å²) < 4.78 is 28.5. The van der Waals surface area contributed by atoms with Crippen molar-refractivity contribution >= 4 is 44.8 Å². The van der Waals surface area contributed by atoms with E-state index in [9.17, 15) is 28.1 Å². The Morgan fingerprint density at radius 3 is 2.22 bits per heavy atom. The number of amides is 2. The first-order valence-electron chi connectivity index (χ1n) is 12.9. The molecule has 10 nitrogen and oxygen atoms in total. The van der Waals surface area contributed by atoms with Crippen LogP contribution in [0.15, 0.2) is 83.8 Å². The Morgan fingerprint density at radius 2 is 1.63 bits per heavy atom. The zero-order valence-electron chi connectivity index (χ0n) is 23.3. The highest BCUT2D eigenvalue weighted by atomic mass is 35.5. The van der Waals surface area contributed by atoms with E-state index in [0.29, 0.717) is 10.6 Å². The largest absolute Gasteiger partial charge is 0.350 e. The quantitative estimate of drug-likeness (QED) is 0.239. The summed E-state index contributed by atoms with van der Waals surface area (Å²) >= 11 is 6.40. The van der Waals surface area contributed by atoms with Gasteiger partial charge in [0.05, 0.1) is 15.5 Å². The molecule has 3 aromatic rings. The number of carbonyl (C=O) groups excluding carboxylic acids is 2. The van der Waals surface area contributed by atoms with E-state index in [1.54, 1.807) is 37.3 Å². The van der Waals surface area contributed by atoms with E-state index in [0.717, 1.165) is 10.4 Å². The molecule has 0 saturated heterocycles. The van der Waals surface area contributed by atoms with Gasteiger partial charge in [-0.1, -0.05) is 61.0 Å². The summed E-state index contributed by atoms with van der Waals surface area (Å²) in [4.78, 5) is 39.5. The lowest BCUT2D eigenvalue weighted by atomic mass is 10.1. The van der Waals surface area contributed by atoms with Crippen molar-refractivity contribution in [1.82, 2.24) is 10.2 Å². The van der Waals surface area contributed by atoms with Gasteiger partial charge in [0.1, 0.15) is 12.6 Å². The number of hydrogen-bond acceptors (Lipinski definition) is 6. The third kappa shape index (κ3) is 8.05. The Balaban J connectivity index is 2.12. The van der Waals surface area contributed by atoms with Gasteiger partial charge in [-0.15, -0.1) is 0 Å². The number of nitro benzene ring substituents is 1. The van der Waals surface area contributed by atoms with Crippen molar-refractivity contribution in [3.05, 3.63) is 99.6 Å². The van der Waals surface area contributed by atoms with E-state index in [1.807, 2.05) is 20.8 Å². The Labute approximate surface area is 245 Å². The van der Waals surface area contributed by atoms with Gasteiger partial charge >= 0.3 is 0 Å². The molecular formula is C29H33ClN4O6S. The molecule has 0 heterocycles. The van der Waals surface area contributed by atoms with Gasteiger partial charge in [0.15, 0.2) is 0 Å². The predicted molar refractivity (Wildman–Crippen MR) is 158 cm³/mol. The van der Waals surface area contributed by atoms with Crippen LogP contribution in [0.25, 0.3) is 0 Å². The number of benzene rings is 3. The minimum Gasteiger partial charge on any atom is -0.350 e. The van der Waals surface area contributed by atoms with Gasteiger partial charge in [0.25, 0.3) is 15.7 Å². The SMILES string of the molecule is CC[C@@H](C(=O)NC(C)(C)C)N(Cc1ccccc1Cl)C(=O)CN(c1cccc([N+](=O)[O-])c1)S(=O)(=O)c1ccccc1. The molecule has 41 heavy (non-hydrogen) atoms. The summed E-state index contributed by atoms with van der Waals surface area (Å²) in [5.74, 6) is -1.10. The van der Waals surface area contributed by atoms with Crippen molar-refractivity contribution in [1.29, 1.82) is 0 Å². The average molecular weight is 601 g/mol. The second-order valence-electron chi connectivity index (χ2n) is 10.4. The standard InChI is InChI=1S/C29H33ClN4O6S/c1-5-26(28(36)31-29(2,3)4)32(19-21-12-9-10-17-25(21)30)27(35)20-33(22-13-11-14-23(18-22)34(37)38)41(39,40)24-15-7-6-8-16-24/h6-18,26H,5,19-20H2,1-4H3,(H,31,36)/t26-/m0/s1. The first-order valence-corrected chi connectivity index (χ1v) is 14.7. The van der Waals surface area contributed by atoms with Crippen molar-refractivity contribution in [3.8, 4) is 0 Å². The van der Waals surface area contributed by atoms with Gasteiger partial charge in [0.2, 0.25) is 11.8 Å². The van der Waals surface area contributed by atoms with Crippen molar-refractivity contribution in [3.63, 3.8) is 0 Å². The lowest BCUT2D eigenvalue weighted by Gasteiger charge is -2.35. The Hall–Kier alpha value is -3.96. The van der Waals surface area contributed by atoms with Crippen LogP contribution in [-0.4, -0.2) is 48.2 Å². The minimum absolute atomic E-state index is 0.0667. The zero-order chi connectivity index (χ0) is 30.4. The smallest absolute Gasteiger partial charge is 0.271 e. The number of anilines is 1. The normalized spacial score (nSPS) is 12.3. The van der Waals surface area contributed by atoms with E-state index < -0.39 is 44.9 Å². The third-order valence-electron chi connectivity index (χ3n) is 6.12. The fourth-order valence-corrected chi connectivity index (χ4v) is 5.82. The minimum atomic E-state index is -4.35. The number of hydrogen-bond donors (Lipinski definition) is 1. The van der Waals surface area contributed by atoms with Crippen LogP contribution in [0.2, 0.25) is 5.02 Å². The van der Waals surface area contributed by atoms with E-state index in [2.05, 4.69) is 5.32 Å². The molecule has 1 N–H and O–H groups in total. The highest BCUT2D eigenvalue weighted by Crippen LogP contribution is 2.28. The molecule has 3 aromatic carbocycles. The highest BCUT2D eigenvalue weighted by Gasteiger charge is 2.35. The number of sulfonamides is 1. The van der Waals surface area contributed by atoms with Crippen LogP contribution in [0.5, 0.6) is 0 Å². The first-order chi connectivity index (χ1) is 19.2. The number of rotatable bonds is 11. The fourth-order valence-electron chi connectivity index (χ4n) is 4.19. The molecule has 2 amide bonds. The van der Waals surface area contributed by atoms with E-state index in [4.69, 9.17) is 11.6 Å². The van der Waals surface area contributed by atoms with Crippen LogP contribution >= 0.6 is 11.6 Å². The Bertz CT molecular complexity index is 1510. The molecule has 0 radical (unpaired) electrons. The van der Waals surface area contributed by atoms with Crippen LogP contribution in [0, 0.1) is 10.1 Å². The van der Waals surface area contributed by atoms with Gasteiger partial charge in [-0.2, -0.15) is 0 Å². The molecule has 0 aliphatic heterocycles. The lowest BCUT2D eigenvalue weighted by Crippen LogP contribution is -2.55. The maximum atomic E-state index is 14.1. The number of nitro groups is 1. The number of non-ortho nitro benzene ring substituents is 1. The van der Waals surface area contributed by atoms with Crippen LogP contribution in [-0.2, 0) is 26.2 Å². The number of halogens is 1. The molecule has 3 rings (SSSR count). The second kappa shape index (κ2) is 13.1. The molecule has 12 heteroatoms. The summed E-state index contributed by atoms with van der Waals surface area (Å²) in [6, 6.07) is 18.4. The summed E-state index contributed by atoms with van der Waals surface area (Å²) in [6.45, 7) is 6.40. The Morgan fingerprint density at radius 1 is 1.00 bits per heavy atom. The number of carbonyl (C=O) groups is 2. The summed E-state index contributed by atoms with van der Waals surface area (Å²) in [7, 11) is -4.35. The lowest BCUT2D eigenvalue weighted by molar-refractivity contribution is -0.384. The van der Waals surface area contributed by atoms with Crippen molar-refractivity contribution < 1.29 is 22.9 Å². The Kier molecular flexibility index (Phi) is 10.1. The van der Waals surface area contributed by atoms with Gasteiger partial charge < -0.3 is 10.2 Å². The summed E-state index contributed by atoms with van der Waals surface area (Å²) in [6.07, 6.45) is 0.236. The van der Waals surface area contributed by atoms with Crippen molar-refractivity contribution in [2.24, 2.45) is 0 Å². The summed E-state index contributed by atoms with van der Waals surface area (Å²) in [5.41, 5.74) is -0.430. The van der Waals surface area contributed by atoms with E-state index >= 15 is 0 Å². The van der Waals surface area contributed by atoms with Crippen molar-refractivity contribution in [2.75, 3.05) is 10.8 Å². The molecular weight excluding hydrogens is 568 g/mol. The molecule has 0 aliphatic rings. The average Bonchev–Trinajstić information content (AvgIpc) is 2.92. The topological polar surface area (TPSA) is 130 Å². The van der Waals surface area contributed by atoms with Crippen LogP contribution in [0.3, 0.4) is 0 Å². The van der Waals surface area contributed by atoms with E-state index in [1.165, 1.54) is 47.4 Å². The highest BCUT2D eigenvalue weighted by molar-refractivity contribution is 7.92. The molecule has 0 aromatic heterocycles. The zero-order valence-corrected chi connectivity index (χ0v) is 24.9. The van der Waals surface area contributed by atoms with Crippen molar-refractivity contribution in [2.45, 2.75) is 57.1 Å². The van der Waals surface area contributed by atoms with Gasteiger partial charge in [0, 0.05) is 29.2 Å². The number of nitrogens with one attached hydrogen (secondary N) is 1. The maximum Gasteiger partial charge on any atom is 0.271 e. The monoisotopic (exact) mass is 600 g/mol. The molecule has 1 atom stereocenters. The number of nitrogens with zero attached hydrogens (tertiary/aromatic N) is 3. The fraction of sp³-hybridized carbons (Fsp3) is 0.310. The predicted octanol–water partition coefficient (Wildman–Crippen LogP) is 5.17. The molecule has 0 saturated carbocycles. The molecule has 218 valence electrons. The van der Waals surface area contributed by atoms with Crippen LogP contribution in [0.4, 0.5) is 11.4 Å². The van der Waals surface area contributed by atoms with Crippen LogP contribution in [0.1, 0.15) is 39.7 Å². The van der Waals surface area contributed by atoms with Crippen LogP contribution < -0.4 is 9.62 Å². The molecule has 0 bridgehead atoms. The first kappa shape index (κ1) is 31.6. The van der Waals surface area contributed by atoms with Gasteiger partial charge in [-0.3, -0.25) is 24.0 Å². The van der Waals surface area contributed by atoms with Gasteiger partial charge in [-0.25, -0.2) is 8.42 Å². The van der Waals surface area contributed by atoms with Gasteiger partial charge in [-0.05, 0) is 57.0 Å². The molecule has 0 aliphatic carbocycles. The molecule has 0 fully saturated rings. The molecule has 0 unspecified atom stereocenters. The summed E-state index contributed by atoms with van der Waals surface area (Å²) in [5, 5.41) is 14.8. The second-order valence-corrected chi connectivity index (χ2v) is 12.6. The maximum absolute atomic E-state index is 14.1. The third-order valence-corrected chi connectivity index (χ3v) is 8.28.